The smallest absolute Gasteiger partial charge is 0.311 e. The molecule has 2 amide bonds. The van der Waals surface area contributed by atoms with Crippen molar-refractivity contribution in [3.8, 4) is 0 Å². The first-order valence-corrected chi connectivity index (χ1v) is 6.96. The summed E-state index contributed by atoms with van der Waals surface area (Å²) in [5, 5.41) is 2.70. The first-order chi connectivity index (χ1) is 9.66. The number of nitrogens with one attached hydrogen (secondary N) is 1. The third kappa shape index (κ3) is 4.06. The normalized spacial score (nSPS) is 15.9. The Morgan fingerprint density at radius 2 is 1.75 bits per heavy atom. The third-order valence-corrected chi connectivity index (χ3v) is 3.53. The molecule has 1 N–H and O–H groups in total. The van der Waals surface area contributed by atoms with Crippen LogP contribution in [-0.4, -0.2) is 61.4 Å². The number of amides is 2. The monoisotopic (exact) mass is 275 g/mol. The summed E-state index contributed by atoms with van der Waals surface area (Å²) in [7, 11) is 2.02. The van der Waals surface area contributed by atoms with E-state index in [0.29, 0.717) is 19.6 Å². The Balaban J connectivity index is 1.73. The first-order valence-electron chi connectivity index (χ1n) is 6.96. The maximum absolute atomic E-state index is 11.9. The predicted octanol–water partition coefficient (Wildman–Crippen LogP) is 0.119. The van der Waals surface area contributed by atoms with Gasteiger partial charge in [-0.3, -0.25) is 9.59 Å². The van der Waals surface area contributed by atoms with E-state index in [9.17, 15) is 9.59 Å². The Bertz CT molecular complexity index is 453. The van der Waals surface area contributed by atoms with Crippen LogP contribution in [0.2, 0.25) is 0 Å². The molecule has 1 saturated heterocycles. The molecule has 1 fully saturated rings. The lowest BCUT2D eigenvalue weighted by Crippen LogP contribution is -2.51. The van der Waals surface area contributed by atoms with Gasteiger partial charge in [0, 0.05) is 32.7 Å². The SMILES string of the molecule is CN1CCN(C(=O)C(=O)NCCc2ccccc2)CC1. The van der Waals surface area contributed by atoms with Crippen molar-refractivity contribution in [1.82, 2.24) is 15.1 Å². The van der Waals surface area contributed by atoms with Gasteiger partial charge < -0.3 is 15.1 Å². The zero-order valence-electron chi connectivity index (χ0n) is 11.8. The average molecular weight is 275 g/mol. The van der Waals surface area contributed by atoms with Crippen LogP contribution in [0, 0.1) is 0 Å². The van der Waals surface area contributed by atoms with E-state index in [0.717, 1.165) is 25.1 Å². The number of hydrogen-bond acceptors (Lipinski definition) is 3. The van der Waals surface area contributed by atoms with E-state index in [2.05, 4.69) is 10.2 Å². The lowest BCUT2D eigenvalue weighted by atomic mass is 10.1. The predicted molar refractivity (Wildman–Crippen MR) is 77.2 cm³/mol. The fourth-order valence-electron chi connectivity index (χ4n) is 2.19. The largest absolute Gasteiger partial charge is 0.347 e. The number of carbonyl (C=O) groups is 2. The molecule has 1 aromatic rings. The molecule has 0 saturated carbocycles. The number of rotatable bonds is 3. The number of hydrogen-bond donors (Lipinski definition) is 1. The van der Waals surface area contributed by atoms with Crippen LogP contribution in [0.3, 0.4) is 0 Å². The molecule has 0 aromatic heterocycles. The maximum Gasteiger partial charge on any atom is 0.311 e. The molecular formula is C15H21N3O2. The number of piperazine rings is 1. The maximum atomic E-state index is 11.9. The van der Waals surface area contributed by atoms with Crippen LogP contribution in [-0.2, 0) is 16.0 Å². The molecule has 2 rings (SSSR count). The molecule has 0 spiro atoms. The molecule has 0 radical (unpaired) electrons. The Kier molecular flexibility index (Phi) is 5.12. The first kappa shape index (κ1) is 14.5. The van der Waals surface area contributed by atoms with E-state index in [1.807, 2.05) is 37.4 Å². The van der Waals surface area contributed by atoms with Gasteiger partial charge in [0.2, 0.25) is 0 Å². The summed E-state index contributed by atoms with van der Waals surface area (Å²) < 4.78 is 0. The van der Waals surface area contributed by atoms with Crippen molar-refractivity contribution >= 4 is 11.8 Å². The highest BCUT2D eigenvalue weighted by molar-refractivity contribution is 6.35. The molecule has 1 heterocycles. The van der Waals surface area contributed by atoms with Crippen molar-refractivity contribution in [2.45, 2.75) is 6.42 Å². The van der Waals surface area contributed by atoms with Gasteiger partial charge in [-0.05, 0) is 19.0 Å². The fraction of sp³-hybridized carbons (Fsp3) is 0.467. The average Bonchev–Trinajstić information content (AvgIpc) is 2.48. The zero-order chi connectivity index (χ0) is 14.4. The van der Waals surface area contributed by atoms with Crippen LogP contribution in [0.25, 0.3) is 0 Å². The molecule has 20 heavy (non-hydrogen) atoms. The summed E-state index contributed by atoms with van der Waals surface area (Å²) in [4.78, 5) is 27.5. The lowest BCUT2D eigenvalue weighted by molar-refractivity contribution is -0.146. The van der Waals surface area contributed by atoms with Gasteiger partial charge in [-0.2, -0.15) is 0 Å². The minimum atomic E-state index is -0.495. The summed E-state index contributed by atoms with van der Waals surface area (Å²) in [5.41, 5.74) is 1.15. The van der Waals surface area contributed by atoms with Crippen molar-refractivity contribution < 1.29 is 9.59 Å². The standard InChI is InChI=1S/C15H21N3O2/c1-17-9-11-18(12-10-17)15(20)14(19)16-8-7-13-5-3-2-4-6-13/h2-6H,7-12H2,1H3,(H,16,19). The lowest BCUT2D eigenvalue weighted by Gasteiger charge is -2.31. The van der Waals surface area contributed by atoms with Crippen molar-refractivity contribution in [3.63, 3.8) is 0 Å². The van der Waals surface area contributed by atoms with Crippen molar-refractivity contribution in [2.75, 3.05) is 39.8 Å². The molecule has 0 unspecified atom stereocenters. The molecular weight excluding hydrogens is 254 g/mol. The van der Waals surface area contributed by atoms with Crippen LogP contribution >= 0.6 is 0 Å². The minimum Gasteiger partial charge on any atom is -0.347 e. The van der Waals surface area contributed by atoms with Crippen molar-refractivity contribution in [2.24, 2.45) is 0 Å². The van der Waals surface area contributed by atoms with E-state index < -0.39 is 11.8 Å². The number of nitrogens with zero attached hydrogens (tertiary/aromatic N) is 2. The fourth-order valence-corrected chi connectivity index (χ4v) is 2.19. The molecule has 0 atom stereocenters. The van der Waals surface area contributed by atoms with Gasteiger partial charge in [0.1, 0.15) is 0 Å². The molecule has 108 valence electrons. The summed E-state index contributed by atoms with van der Waals surface area (Å²) in [6.45, 7) is 3.39. The second kappa shape index (κ2) is 7.05. The van der Waals surface area contributed by atoms with E-state index in [-0.39, 0.29) is 0 Å². The second-order valence-corrected chi connectivity index (χ2v) is 5.09. The summed E-state index contributed by atoms with van der Waals surface area (Å²) in [5.74, 6) is -0.906. The Morgan fingerprint density at radius 1 is 1.10 bits per heavy atom. The Labute approximate surface area is 119 Å². The zero-order valence-corrected chi connectivity index (χ0v) is 11.8. The quantitative estimate of drug-likeness (QED) is 0.797. The van der Waals surface area contributed by atoms with Gasteiger partial charge in [-0.25, -0.2) is 0 Å². The Hall–Kier alpha value is -1.88. The second-order valence-electron chi connectivity index (χ2n) is 5.09. The van der Waals surface area contributed by atoms with E-state index in [1.54, 1.807) is 4.90 Å². The van der Waals surface area contributed by atoms with Gasteiger partial charge in [0.15, 0.2) is 0 Å². The van der Waals surface area contributed by atoms with Gasteiger partial charge in [0.25, 0.3) is 0 Å². The molecule has 0 aliphatic carbocycles. The van der Waals surface area contributed by atoms with Crippen molar-refractivity contribution in [1.29, 1.82) is 0 Å². The van der Waals surface area contributed by atoms with Crippen LogP contribution in [0.15, 0.2) is 30.3 Å². The molecule has 5 heteroatoms. The highest BCUT2D eigenvalue weighted by atomic mass is 16.2. The van der Waals surface area contributed by atoms with Crippen LogP contribution < -0.4 is 5.32 Å². The van der Waals surface area contributed by atoms with E-state index >= 15 is 0 Å². The summed E-state index contributed by atoms with van der Waals surface area (Å²) >= 11 is 0. The Morgan fingerprint density at radius 3 is 2.40 bits per heavy atom. The van der Waals surface area contributed by atoms with Crippen LogP contribution in [0.1, 0.15) is 5.56 Å². The molecule has 0 bridgehead atoms. The van der Waals surface area contributed by atoms with E-state index in [4.69, 9.17) is 0 Å². The summed E-state index contributed by atoms with van der Waals surface area (Å²) in [6, 6.07) is 9.90. The van der Waals surface area contributed by atoms with E-state index in [1.165, 1.54) is 0 Å². The molecule has 1 aliphatic rings. The van der Waals surface area contributed by atoms with Gasteiger partial charge in [-0.15, -0.1) is 0 Å². The topological polar surface area (TPSA) is 52.7 Å². The highest BCUT2D eigenvalue weighted by Gasteiger charge is 2.24. The van der Waals surface area contributed by atoms with Gasteiger partial charge in [0.05, 0.1) is 0 Å². The van der Waals surface area contributed by atoms with Gasteiger partial charge in [-0.1, -0.05) is 30.3 Å². The molecule has 5 nitrogen and oxygen atoms in total. The number of carbonyl (C=O) groups excluding carboxylic acids is 2. The third-order valence-electron chi connectivity index (χ3n) is 3.53. The van der Waals surface area contributed by atoms with Crippen molar-refractivity contribution in [3.05, 3.63) is 35.9 Å². The molecule has 1 aliphatic heterocycles. The number of benzene rings is 1. The van der Waals surface area contributed by atoms with Crippen LogP contribution in [0.5, 0.6) is 0 Å². The van der Waals surface area contributed by atoms with Gasteiger partial charge >= 0.3 is 11.8 Å². The number of likely N-dealkylation sites (N-methyl/N-ethyl adjacent to an activating group) is 1. The highest BCUT2D eigenvalue weighted by Crippen LogP contribution is 2.00. The minimum absolute atomic E-state index is 0.411. The summed E-state index contributed by atoms with van der Waals surface area (Å²) in [6.07, 6.45) is 0.739. The van der Waals surface area contributed by atoms with Crippen LogP contribution in [0.4, 0.5) is 0 Å². The molecule has 1 aromatic carbocycles.